The predicted molar refractivity (Wildman–Crippen MR) is 179 cm³/mol. The Hall–Kier alpha value is -3.37. The standard InChI is InChI=1S/C37H55NO9/c1-8-24(4)37(42)47-33-17-23(3)16-27-12-10-25(5)30(36(27)33)14-13-28(39)19-29(46-22-35(41)45-9-2)20-34(40)38-21-26-11-15-31(43-6)32(18-26)44-7/h10-12,15-16,18,23-25,28-30,33,36,39H,8-9,13-14,17,19-22H2,1-7H3,(H,38,40)/t23?,24?,25?,28?,29?,30?,33?,36-/m0/s1. The van der Waals surface area contributed by atoms with E-state index in [4.69, 9.17) is 23.7 Å². The molecule has 0 fully saturated rings. The first-order valence-corrected chi connectivity index (χ1v) is 17.0. The second kappa shape index (κ2) is 18.8. The summed E-state index contributed by atoms with van der Waals surface area (Å²) in [6.45, 7) is 10.1. The van der Waals surface area contributed by atoms with Crippen molar-refractivity contribution < 1.29 is 43.2 Å². The molecule has 2 aliphatic carbocycles. The molecule has 1 aromatic rings. The van der Waals surface area contributed by atoms with Gasteiger partial charge in [0.15, 0.2) is 11.5 Å². The summed E-state index contributed by atoms with van der Waals surface area (Å²) in [5.74, 6) is 0.819. The van der Waals surface area contributed by atoms with Crippen LogP contribution in [0, 0.1) is 29.6 Å². The normalized spacial score (nSPS) is 23.8. The summed E-state index contributed by atoms with van der Waals surface area (Å²) >= 11 is 0. The van der Waals surface area contributed by atoms with Gasteiger partial charge in [0.05, 0.1) is 45.4 Å². The van der Waals surface area contributed by atoms with Gasteiger partial charge in [-0.25, -0.2) is 4.79 Å². The minimum absolute atomic E-state index is 0.0344. The number of aliphatic hydroxyl groups excluding tert-OH is 1. The number of esters is 2. The number of hydrogen-bond donors (Lipinski definition) is 2. The first kappa shape index (κ1) is 38.1. The number of ether oxygens (including phenoxy) is 5. The average Bonchev–Trinajstić information content (AvgIpc) is 3.05. The molecule has 3 rings (SSSR count). The zero-order valence-electron chi connectivity index (χ0n) is 29.2. The van der Waals surface area contributed by atoms with Crippen LogP contribution in [0.25, 0.3) is 0 Å². The molecule has 2 N–H and O–H groups in total. The van der Waals surface area contributed by atoms with Gasteiger partial charge in [-0.2, -0.15) is 0 Å². The Morgan fingerprint density at radius 1 is 1.09 bits per heavy atom. The quantitative estimate of drug-likeness (QED) is 0.195. The molecule has 0 saturated heterocycles. The molecule has 2 aliphatic rings. The Balaban J connectivity index is 1.65. The van der Waals surface area contributed by atoms with Gasteiger partial charge in [-0.3, -0.25) is 9.59 Å². The van der Waals surface area contributed by atoms with Crippen molar-refractivity contribution in [3.8, 4) is 11.5 Å². The van der Waals surface area contributed by atoms with Crippen molar-refractivity contribution in [2.24, 2.45) is 29.6 Å². The first-order chi connectivity index (χ1) is 22.5. The zero-order valence-corrected chi connectivity index (χ0v) is 29.2. The number of hydrogen-bond acceptors (Lipinski definition) is 9. The van der Waals surface area contributed by atoms with Crippen molar-refractivity contribution in [2.45, 2.75) is 98.0 Å². The average molecular weight is 658 g/mol. The Labute approximate surface area is 280 Å². The number of amides is 1. The van der Waals surface area contributed by atoms with Crippen molar-refractivity contribution in [1.82, 2.24) is 5.32 Å². The lowest BCUT2D eigenvalue weighted by Gasteiger charge is -2.43. The van der Waals surface area contributed by atoms with Crippen LogP contribution in [-0.2, 0) is 35.1 Å². The number of benzene rings is 1. The molecule has 0 saturated carbocycles. The van der Waals surface area contributed by atoms with Crippen molar-refractivity contribution in [3.63, 3.8) is 0 Å². The highest BCUT2D eigenvalue weighted by atomic mass is 16.6. The summed E-state index contributed by atoms with van der Waals surface area (Å²) < 4.78 is 27.6. The third-order valence-corrected chi connectivity index (χ3v) is 9.34. The van der Waals surface area contributed by atoms with Crippen LogP contribution >= 0.6 is 0 Å². The molecule has 10 heteroatoms. The number of methoxy groups -OCH3 is 2. The second-order valence-electron chi connectivity index (χ2n) is 12.9. The van der Waals surface area contributed by atoms with Crippen LogP contribution in [0.2, 0.25) is 0 Å². The summed E-state index contributed by atoms with van der Waals surface area (Å²) in [5.41, 5.74) is 2.03. The summed E-state index contributed by atoms with van der Waals surface area (Å²) in [7, 11) is 3.11. The SMILES string of the molecule is CCOC(=O)COC(CC(=O)NCc1ccc(OC)c(OC)c1)CC(O)CCC1C(C)C=CC2=CC(C)CC(OC(=O)C(C)CC)[C@@H]21. The topological polar surface area (TPSA) is 130 Å². The zero-order chi connectivity index (χ0) is 34.5. The van der Waals surface area contributed by atoms with E-state index in [0.717, 1.165) is 18.4 Å². The fraction of sp³-hybridized carbons (Fsp3) is 0.649. The monoisotopic (exact) mass is 657 g/mol. The van der Waals surface area contributed by atoms with Gasteiger partial charge in [0.25, 0.3) is 0 Å². The minimum atomic E-state index is -0.769. The van der Waals surface area contributed by atoms with Gasteiger partial charge >= 0.3 is 11.9 Å². The van der Waals surface area contributed by atoms with Gasteiger partial charge in [0.1, 0.15) is 12.7 Å². The van der Waals surface area contributed by atoms with Gasteiger partial charge in [-0.05, 0) is 73.6 Å². The third-order valence-electron chi connectivity index (χ3n) is 9.34. The molecule has 7 unspecified atom stereocenters. The largest absolute Gasteiger partial charge is 0.493 e. The van der Waals surface area contributed by atoms with Crippen LogP contribution in [0.15, 0.2) is 42.0 Å². The molecule has 0 heterocycles. The summed E-state index contributed by atoms with van der Waals surface area (Å²) in [6, 6.07) is 5.41. The van der Waals surface area contributed by atoms with Crippen LogP contribution in [0.3, 0.4) is 0 Å². The lowest BCUT2D eigenvalue weighted by Crippen LogP contribution is -2.41. The lowest BCUT2D eigenvalue weighted by molar-refractivity contribution is -0.158. The van der Waals surface area contributed by atoms with E-state index < -0.39 is 18.2 Å². The second-order valence-corrected chi connectivity index (χ2v) is 12.9. The number of carbonyl (C=O) groups is 3. The molecule has 0 bridgehead atoms. The van der Waals surface area contributed by atoms with Crippen molar-refractivity contribution in [3.05, 3.63) is 47.6 Å². The molecular weight excluding hydrogens is 602 g/mol. The first-order valence-electron chi connectivity index (χ1n) is 17.0. The van der Waals surface area contributed by atoms with Gasteiger partial charge in [-0.15, -0.1) is 0 Å². The number of aliphatic hydroxyl groups is 1. The molecular formula is C37H55NO9. The van der Waals surface area contributed by atoms with Gasteiger partial charge in [0, 0.05) is 18.9 Å². The molecule has 47 heavy (non-hydrogen) atoms. The number of nitrogens with one attached hydrogen (secondary N) is 1. The molecule has 0 spiro atoms. The summed E-state index contributed by atoms with van der Waals surface area (Å²) in [5, 5.41) is 14.1. The molecule has 10 nitrogen and oxygen atoms in total. The highest BCUT2D eigenvalue weighted by Crippen LogP contribution is 2.45. The van der Waals surface area contributed by atoms with Gasteiger partial charge < -0.3 is 34.1 Å². The van der Waals surface area contributed by atoms with Crippen molar-refractivity contribution >= 4 is 17.8 Å². The smallest absolute Gasteiger partial charge is 0.332 e. The van der Waals surface area contributed by atoms with E-state index >= 15 is 0 Å². The number of carbonyl (C=O) groups excluding carboxylic acids is 3. The Morgan fingerprint density at radius 2 is 1.83 bits per heavy atom. The maximum Gasteiger partial charge on any atom is 0.332 e. The highest BCUT2D eigenvalue weighted by Gasteiger charge is 2.41. The fourth-order valence-corrected chi connectivity index (χ4v) is 6.53. The maximum atomic E-state index is 13.0. The van der Waals surface area contributed by atoms with Crippen LogP contribution in [0.1, 0.15) is 78.7 Å². The maximum absolute atomic E-state index is 13.0. The third kappa shape index (κ3) is 11.4. The van der Waals surface area contributed by atoms with E-state index in [1.54, 1.807) is 33.3 Å². The Bertz CT molecular complexity index is 1240. The van der Waals surface area contributed by atoms with Crippen LogP contribution in [0.5, 0.6) is 11.5 Å². The highest BCUT2D eigenvalue weighted by molar-refractivity contribution is 5.76. The van der Waals surface area contributed by atoms with E-state index in [-0.39, 0.29) is 74.3 Å². The van der Waals surface area contributed by atoms with E-state index in [1.165, 1.54) is 5.57 Å². The number of rotatable bonds is 18. The fourth-order valence-electron chi connectivity index (χ4n) is 6.53. The molecule has 0 aliphatic heterocycles. The Kier molecular flexibility index (Phi) is 15.3. The van der Waals surface area contributed by atoms with Crippen LogP contribution in [-0.4, -0.2) is 68.7 Å². The van der Waals surface area contributed by atoms with Crippen LogP contribution < -0.4 is 14.8 Å². The van der Waals surface area contributed by atoms with Gasteiger partial charge in [0.2, 0.25) is 5.91 Å². The van der Waals surface area contributed by atoms with E-state index in [1.807, 2.05) is 19.9 Å². The molecule has 0 aromatic heterocycles. The molecule has 1 amide bonds. The summed E-state index contributed by atoms with van der Waals surface area (Å²) in [6.07, 6.45) is 7.81. The van der Waals surface area contributed by atoms with E-state index in [9.17, 15) is 19.5 Å². The van der Waals surface area contributed by atoms with E-state index in [0.29, 0.717) is 30.3 Å². The van der Waals surface area contributed by atoms with E-state index in [2.05, 4.69) is 37.4 Å². The molecule has 1 aromatic carbocycles. The molecule has 8 atom stereocenters. The number of fused-ring (bicyclic) bond motifs is 1. The summed E-state index contributed by atoms with van der Waals surface area (Å²) in [4.78, 5) is 37.9. The lowest BCUT2D eigenvalue weighted by atomic mass is 9.65. The number of allylic oxidation sites excluding steroid dienone is 3. The van der Waals surface area contributed by atoms with Gasteiger partial charge in [-0.1, -0.05) is 52.0 Å². The molecule has 0 radical (unpaired) electrons. The molecule has 262 valence electrons. The van der Waals surface area contributed by atoms with Crippen molar-refractivity contribution in [2.75, 3.05) is 27.4 Å². The minimum Gasteiger partial charge on any atom is -0.493 e. The van der Waals surface area contributed by atoms with Crippen molar-refractivity contribution in [1.29, 1.82) is 0 Å². The van der Waals surface area contributed by atoms with Crippen LogP contribution in [0.4, 0.5) is 0 Å². The predicted octanol–water partition coefficient (Wildman–Crippen LogP) is 5.55. The Morgan fingerprint density at radius 3 is 2.51 bits per heavy atom.